The average molecular weight is 364 g/mol. The van der Waals surface area contributed by atoms with Crippen LogP contribution in [0, 0.1) is 17.3 Å². The van der Waals surface area contributed by atoms with Gasteiger partial charge in [0.15, 0.2) is 0 Å². The molecular formula is C16H29IO. The maximum absolute atomic E-state index is 5.68. The predicted octanol–water partition coefficient (Wildman–Crippen LogP) is 5.24. The summed E-state index contributed by atoms with van der Waals surface area (Å²) in [4.78, 5) is 0. The standard InChI is InChI=1S/C16H29IO/c1-5-6-7-18-12-13(2)9-16(3,4)10-14-8-15(14)11-17/h9,14-15H,5-8,10-12H2,1-4H3/b13-9+. The summed E-state index contributed by atoms with van der Waals surface area (Å²) in [5.41, 5.74) is 1.73. The van der Waals surface area contributed by atoms with Crippen LogP contribution >= 0.6 is 22.6 Å². The molecule has 1 saturated carbocycles. The van der Waals surface area contributed by atoms with E-state index >= 15 is 0 Å². The minimum atomic E-state index is 0.337. The fourth-order valence-corrected chi connectivity index (χ4v) is 3.75. The molecule has 0 saturated heterocycles. The molecule has 2 heteroatoms. The van der Waals surface area contributed by atoms with Crippen molar-refractivity contribution in [2.45, 2.75) is 53.4 Å². The minimum absolute atomic E-state index is 0.337. The van der Waals surface area contributed by atoms with Gasteiger partial charge in [-0.3, -0.25) is 0 Å². The first-order valence-corrected chi connectivity index (χ1v) is 8.83. The molecule has 1 aliphatic rings. The van der Waals surface area contributed by atoms with E-state index in [4.69, 9.17) is 4.74 Å². The van der Waals surface area contributed by atoms with Crippen molar-refractivity contribution in [2.75, 3.05) is 17.6 Å². The van der Waals surface area contributed by atoms with Gasteiger partial charge in [0.1, 0.15) is 0 Å². The predicted molar refractivity (Wildman–Crippen MR) is 88.4 cm³/mol. The third-order valence-corrected chi connectivity index (χ3v) is 4.80. The van der Waals surface area contributed by atoms with Crippen LogP contribution < -0.4 is 0 Å². The van der Waals surface area contributed by atoms with Gasteiger partial charge in [-0.1, -0.05) is 61.4 Å². The Morgan fingerprint density at radius 3 is 2.67 bits per heavy atom. The molecule has 1 rings (SSSR count). The molecule has 2 atom stereocenters. The monoisotopic (exact) mass is 364 g/mol. The van der Waals surface area contributed by atoms with Crippen molar-refractivity contribution in [3.63, 3.8) is 0 Å². The first-order chi connectivity index (χ1) is 8.48. The Hall–Kier alpha value is 0.430. The summed E-state index contributed by atoms with van der Waals surface area (Å²) < 4.78 is 7.01. The van der Waals surface area contributed by atoms with Crippen LogP contribution in [-0.4, -0.2) is 17.6 Å². The lowest BCUT2D eigenvalue weighted by Crippen LogP contribution is -2.11. The van der Waals surface area contributed by atoms with Crippen LogP contribution in [0.5, 0.6) is 0 Å². The zero-order valence-electron chi connectivity index (χ0n) is 12.5. The molecule has 2 unspecified atom stereocenters. The van der Waals surface area contributed by atoms with Crippen molar-refractivity contribution >= 4 is 22.6 Å². The van der Waals surface area contributed by atoms with Crippen molar-refractivity contribution < 1.29 is 4.74 Å². The molecule has 0 aromatic heterocycles. The Kier molecular flexibility index (Phi) is 7.22. The summed E-state index contributed by atoms with van der Waals surface area (Å²) in [5.74, 6) is 1.97. The second-order valence-corrected chi connectivity index (χ2v) is 7.38. The molecule has 0 N–H and O–H groups in total. The van der Waals surface area contributed by atoms with Crippen molar-refractivity contribution in [1.82, 2.24) is 0 Å². The van der Waals surface area contributed by atoms with E-state index in [-0.39, 0.29) is 0 Å². The summed E-state index contributed by atoms with van der Waals surface area (Å²) in [6.07, 6.45) is 7.62. The van der Waals surface area contributed by atoms with Gasteiger partial charge in [-0.2, -0.15) is 0 Å². The molecule has 106 valence electrons. The second kappa shape index (κ2) is 7.88. The van der Waals surface area contributed by atoms with E-state index in [0.29, 0.717) is 5.41 Å². The molecule has 1 nitrogen and oxygen atoms in total. The van der Waals surface area contributed by atoms with Crippen LogP contribution in [0.4, 0.5) is 0 Å². The number of unbranched alkanes of at least 4 members (excludes halogenated alkanes) is 1. The van der Waals surface area contributed by atoms with E-state index in [1.165, 1.54) is 35.7 Å². The lowest BCUT2D eigenvalue weighted by Gasteiger charge is -2.22. The first kappa shape index (κ1) is 16.5. The van der Waals surface area contributed by atoms with Gasteiger partial charge >= 0.3 is 0 Å². The highest BCUT2D eigenvalue weighted by molar-refractivity contribution is 14.1. The van der Waals surface area contributed by atoms with Gasteiger partial charge in [0.05, 0.1) is 6.61 Å². The molecule has 0 aliphatic heterocycles. The molecule has 0 heterocycles. The van der Waals surface area contributed by atoms with Crippen LogP contribution in [0.15, 0.2) is 11.6 Å². The molecule has 18 heavy (non-hydrogen) atoms. The normalized spacial score (nSPS) is 24.4. The van der Waals surface area contributed by atoms with Crippen LogP contribution in [0.1, 0.15) is 53.4 Å². The molecule has 1 fully saturated rings. The van der Waals surface area contributed by atoms with Crippen molar-refractivity contribution in [2.24, 2.45) is 17.3 Å². The van der Waals surface area contributed by atoms with E-state index in [1.54, 1.807) is 0 Å². The number of rotatable bonds is 9. The Balaban J connectivity index is 2.28. The zero-order chi connectivity index (χ0) is 13.6. The zero-order valence-corrected chi connectivity index (χ0v) is 14.6. The van der Waals surface area contributed by atoms with Crippen LogP contribution in [-0.2, 0) is 4.74 Å². The van der Waals surface area contributed by atoms with Crippen LogP contribution in [0.3, 0.4) is 0 Å². The van der Waals surface area contributed by atoms with Gasteiger partial charge in [-0.05, 0) is 43.4 Å². The maximum atomic E-state index is 5.68. The highest BCUT2D eigenvalue weighted by atomic mass is 127. The number of allylic oxidation sites excluding steroid dienone is 1. The summed E-state index contributed by atoms with van der Waals surface area (Å²) in [6.45, 7) is 10.9. The van der Waals surface area contributed by atoms with Gasteiger partial charge < -0.3 is 4.74 Å². The summed E-state index contributed by atoms with van der Waals surface area (Å²) >= 11 is 2.52. The van der Waals surface area contributed by atoms with Gasteiger partial charge in [0, 0.05) is 11.0 Å². The fourth-order valence-electron chi connectivity index (χ4n) is 2.67. The van der Waals surface area contributed by atoms with Gasteiger partial charge in [-0.25, -0.2) is 0 Å². The van der Waals surface area contributed by atoms with Crippen LogP contribution in [0.25, 0.3) is 0 Å². The highest BCUT2D eigenvalue weighted by Gasteiger charge is 2.38. The number of hydrogen-bond donors (Lipinski definition) is 0. The van der Waals surface area contributed by atoms with Crippen molar-refractivity contribution in [3.05, 3.63) is 11.6 Å². The number of halogens is 1. The first-order valence-electron chi connectivity index (χ1n) is 7.30. The number of hydrogen-bond acceptors (Lipinski definition) is 1. The SMILES string of the molecule is CCCCOC/C(C)=C/C(C)(C)CC1CC1CI. The Labute approximate surface area is 127 Å². The van der Waals surface area contributed by atoms with Crippen molar-refractivity contribution in [1.29, 1.82) is 0 Å². The Morgan fingerprint density at radius 2 is 2.11 bits per heavy atom. The maximum Gasteiger partial charge on any atom is 0.0674 e. The third-order valence-electron chi connectivity index (χ3n) is 3.66. The van der Waals surface area contributed by atoms with E-state index in [9.17, 15) is 0 Å². The molecule has 0 spiro atoms. The highest BCUT2D eigenvalue weighted by Crippen LogP contribution is 2.47. The van der Waals surface area contributed by atoms with Gasteiger partial charge in [-0.15, -0.1) is 0 Å². The molecule has 0 bridgehead atoms. The largest absolute Gasteiger partial charge is 0.377 e. The third kappa shape index (κ3) is 6.55. The molecule has 1 aliphatic carbocycles. The smallest absolute Gasteiger partial charge is 0.0674 e. The molecule has 0 aromatic rings. The molecular weight excluding hydrogens is 335 g/mol. The van der Waals surface area contributed by atoms with Crippen LogP contribution in [0.2, 0.25) is 0 Å². The molecule has 0 aromatic carbocycles. The van der Waals surface area contributed by atoms with E-state index in [1.807, 2.05) is 0 Å². The van der Waals surface area contributed by atoms with E-state index < -0.39 is 0 Å². The van der Waals surface area contributed by atoms with E-state index in [0.717, 1.165) is 25.0 Å². The second-order valence-electron chi connectivity index (χ2n) is 6.50. The number of ether oxygens (including phenoxy) is 1. The van der Waals surface area contributed by atoms with E-state index in [2.05, 4.69) is 56.4 Å². The van der Waals surface area contributed by atoms with Gasteiger partial charge in [0.25, 0.3) is 0 Å². The lowest BCUT2D eigenvalue weighted by atomic mass is 9.85. The quantitative estimate of drug-likeness (QED) is 0.235. The minimum Gasteiger partial charge on any atom is -0.377 e. The lowest BCUT2D eigenvalue weighted by molar-refractivity contribution is 0.152. The van der Waals surface area contributed by atoms with Gasteiger partial charge in [0.2, 0.25) is 0 Å². The Morgan fingerprint density at radius 1 is 1.39 bits per heavy atom. The summed E-state index contributed by atoms with van der Waals surface area (Å²) in [5, 5.41) is 0. The fraction of sp³-hybridized carbons (Fsp3) is 0.875. The topological polar surface area (TPSA) is 9.23 Å². The van der Waals surface area contributed by atoms with Crippen molar-refractivity contribution in [3.8, 4) is 0 Å². The number of alkyl halides is 1. The summed E-state index contributed by atoms with van der Waals surface area (Å²) in [6, 6.07) is 0. The Bertz CT molecular complexity index is 270. The average Bonchev–Trinajstić information content (AvgIpc) is 3.01. The molecule has 0 amide bonds. The summed E-state index contributed by atoms with van der Waals surface area (Å²) in [7, 11) is 0. The molecule has 0 radical (unpaired) electrons.